The number of aromatic amines is 1. The van der Waals surface area contributed by atoms with Crippen molar-refractivity contribution in [1.82, 2.24) is 15.0 Å². The van der Waals surface area contributed by atoms with Crippen molar-refractivity contribution in [3.8, 4) is 0 Å². The van der Waals surface area contributed by atoms with E-state index in [0.717, 1.165) is 40.5 Å². The van der Waals surface area contributed by atoms with Crippen molar-refractivity contribution >= 4 is 28.4 Å². The molecular formula is C18H19N5O. The number of hydrogen-bond donors (Lipinski definition) is 2. The fourth-order valence-electron chi connectivity index (χ4n) is 3.05. The number of carbonyl (C=O) groups is 1. The van der Waals surface area contributed by atoms with Gasteiger partial charge >= 0.3 is 0 Å². The smallest absolute Gasteiger partial charge is 0.227 e. The number of H-pyrrole nitrogens is 1. The maximum atomic E-state index is 12.7. The zero-order valence-corrected chi connectivity index (χ0v) is 13.5. The van der Waals surface area contributed by atoms with Crippen LogP contribution in [0.3, 0.4) is 0 Å². The van der Waals surface area contributed by atoms with Gasteiger partial charge in [0, 0.05) is 32.1 Å². The van der Waals surface area contributed by atoms with Gasteiger partial charge in [-0.2, -0.15) is 0 Å². The van der Waals surface area contributed by atoms with E-state index in [-0.39, 0.29) is 5.91 Å². The van der Waals surface area contributed by atoms with E-state index in [1.54, 1.807) is 0 Å². The highest BCUT2D eigenvalue weighted by molar-refractivity contribution is 5.97. The Labute approximate surface area is 139 Å². The van der Waals surface area contributed by atoms with Crippen molar-refractivity contribution in [1.29, 1.82) is 0 Å². The summed E-state index contributed by atoms with van der Waals surface area (Å²) in [5.74, 6) is 1.73. The van der Waals surface area contributed by atoms with E-state index < -0.39 is 0 Å². The minimum absolute atomic E-state index is 0.102. The molecular weight excluding hydrogens is 302 g/mol. The Morgan fingerprint density at radius 3 is 3.08 bits per heavy atom. The highest BCUT2D eigenvalue weighted by Crippen LogP contribution is 2.28. The first-order chi connectivity index (χ1) is 11.7. The molecule has 6 heteroatoms. The highest BCUT2D eigenvalue weighted by atomic mass is 16.2. The number of para-hydroxylation sites is 2. The van der Waals surface area contributed by atoms with Crippen LogP contribution >= 0.6 is 0 Å². The van der Waals surface area contributed by atoms with E-state index in [0.29, 0.717) is 19.4 Å². The van der Waals surface area contributed by atoms with Gasteiger partial charge in [0.2, 0.25) is 5.91 Å². The van der Waals surface area contributed by atoms with Crippen LogP contribution in [-0.4, -0.2) is 33.9 Å². The fourth-order valence-corrected chi connectivity index (χ4v) is 3.05. The predicted octanol–water partition coefficient (Wildman–Crippen LogP) is 2.66. The van der Waals surface area contributed by atoms with Crippen LogP contribution in [0.2, 0.25) is 0 Å². The molecule has 0 radical (unpaired) electrons. The minimum Gasteiger partial charge on any atom is -0.367 e. The zero-order chi connectivity index (χ0) is 16.5. The van der Waals surface area contributed by atoms with Gasteiger partial charge in [-0.05, 0) is 30.7 Å². The standard InChI is InChI=1S/C18H19N5O/c1-12-10-15-18(20-11-12)19-8-9-23(15)17(24)7-6-16-21-13-4-2-3-5-14(13)22-16/h2-5,10-11H,6-9H2,1H3,(H,19,20)(H,21,22). The van der Waals surface area contributed by atoms with Crippen LogP contribution in [0.4, 0.5) is 11.5 Å². The Kier molecular flexibility index (Phi) is 3.65. The zero-order valence-electron chi connectivity index (χ0n) is 13.5. The molecule has 0 unspecified atom stereocenters. The van der Waals surface area contributed by atoms with Crippen LogP contribution in [-0.2, 0) is 11.2 Å². The molecule has 1 aliphatic heterocycles. The van der Waals surface area contributed by atoms with Gasteiger partial charge in [0.1, 0.15) is 11.6 Å². The van der Waals surface area contributed by atoms with Gasteiger partial charge in [-0.1, -0.05) is 12.1 Å². The highest BCUT2D eigenvalue weighted by Gasteiger charge is 2.23. The Hall–Kier alpha value is -2.89. The van der Waals surface area contributed by atoms with Gasteiger partial charge in [-0.3, -0.25) is 4.79 Å². The third-order valence-corrected chi connectivity index (χ3v) is 4.24. The van der Waals surface area contributed by atoms with Crippen molar-refractivity contribution in [3.63, 3.8) is 0 Å². The lowest BCUT2D eigenvalue weighted by Crippen LogP contribution is -2.39. The molecule has 3 heterocycles. The molecule has 2 aromatic heterocycles. The van der Waals surface area contributed by atoms with Crippen molar-refractivity contribution in [3.05, 3.63) is 47.9 Å². The molecule has 4 rings (SSSR count). The molecule has 0 aliphatic carbocycles. The Balaban J connectivity index is 1.50. The number of nitrogens with one attached hydrogen (secondary N) is 2. The quantitative estimate of drug-likeness (QED) is 0.778. The number of rotatable bonds is 3. The summed E-state index contributed by atoms with van der Waals surface area (Å²) in [6, 6.07) is 9.91. The first kappa shape index (κ1) is 14.7. The van der Waals surface area contributed by atoms with Crippen molar-refractivity contribution in [2.24, 2.45) is 0 Å². The first-order valence-corrected chi connectivity index (χ1v) is 8.15. The van der Waals surface area contributed by atoms with E-state index >= 15 is 0 Å². The molecule has 0 saturated carbocycles. The number of hydrogen-bond acceptors (Lipinski definition) is 4. The lowest BCUT2D eigenvalue weighted by atomic mass is 10.2. The summed E-state index contributed by atoms with van der Waals surface area (Å²) in [6.07, 6.45) is 2.84. The third kappa shape index (κ3) is 2.71. The van der Waals surface area contributed by atoms with Crippen molar-refractivity contribution in [2.45, 2.75) is 19.8 Å². The van der Waals surface area contributed by atoms with Gasteiger partial charge in [0.05, 0.1) is 16.7 Å². The van der Waals surface area contributed by atoms with Crippen molar-refractivity contribution in [2.75, 3.05) is 23.3 Å². The van der Waals surface area contributed by atoms with Crippen LogP contribution < -0.4 is 10.2 Å². The lowest BCUT2D eigenvalue weighted by Gasteiger charge is -2.29. The number of imidazole rings is 1. The molecule has 0 saturated heterocycles. The van der Waals surface area contributed by atoms with Crippen LogP contribution in [0.15, 0.2) is 36.5 Å². The fraction of sp³-hybridized carbons (Fsp3) is 0.278. The van der Waals surface area contributed by atoms with E-state index in [1.165, 1.54) is 0 Å². The number of aryl methyl sites for hydroxylation is 2. The number of carbonyl (C=O) groups excluding carboxylic acids is 1. The molecule has 1 amide bonds. The summed E-state index contributed by atoms with van der Waals surface area (Å²) in [7, 11) is 0. The maximum absolute atomic E-state index is 12.7. The molecule has 0 fully saturated rings. The molecule has 3 aromatic rings. The molecule has 2 N–H and O–H groups in total. The minimum atomic E-state index is 0.102. The number of anilines is 2. The lowest BCUT2D eigenvalue weighted by molar-refractivity contribution is -0.118. The van der Waals surface area contributed by atoms with E-state index in [4.69, 9.17) is 0 Å². The summed E-state index contributed by atoms with van der Waals surface area (Å²) < 4.78 is 0. The van der Waals surface area contributed by atoms with Crippen LogP contribution in [0.25, 0.3) is 11.0 Å². The molecule has 122 valence electrons. The summed E-state index contributed by atoms with van der Waals surface area (Å²) in [6.45, 7) is 3.37. The molecule has 6 nitrogen and oxygen atoms in total. The normalized spacial score (nSPS) is 13.6. The second-order valence-electron chi connectivity index (χ2n) is 6.05. The summed E-state index contributed by atoms with van der Waals surface area (Å²) in [5.41, 5.74) is 3.86. The largest absolute Gasteiger partial charge is 0.367 e. The van der Waals surface area contributed by atoms with Gasteiger partial charge < -0.3 is 15.2 Å². The SMILES string of the molecule is Cc1cnc2c(c1)N(C(=O)CCc1nc3ccccc3[nH]1)CCN2. The van der Waals surface area contributed by atoms with E-state index in [9.17, 15) is 4.79 Å². The number of benzene rings is 1. The van der Waals surface area contributed by atoms with Gasteiger partial charge in [0.15, 0.2) is 0 Å². The summed E-state index contributed by atoms with van der Waals surface area (Å²) in [4.78, 5) is 26.7. The number of pyridine rings is 1. The maximum Gasteiger partial charge on any atom is 0.227 e. The van der Waals surface area contributed by atoms with E-state index in [1.807, 2.05) is 48.4 Å². The van der Waals surface area contributed by atoms with Crippen molar-refractivity contribution < 1.29 is 4.79 Å². The Morgan fingerprint density at radius 2 is 2.21 bits per heavy atom. The Bertz CT molecular complexity index is 868. The topological polar surface area (TPSA) is 73.9 Å². The molecule has 1 aliphatic rings. The van der Waals surface area contributed by atoms with Crippen LogP contribution in [0, 0.1) is 6.92 Å². The molecule has 0 spiro atoms. The monoisotopic (exact) mass is 321 g/mol. The van der Waals surface area contributed by atoms with Gasteiger partial charge in [-0.25, -0.2) is 9.97 Å². The molecule has 0 bridgehead atoms. The number of amides is 1. The van der Waals surface area contributed by atoms with Crippen LogP contribution in [0.1, 0.15) is 17.8 Å². The predicted molar refractivity (Wildman–Crippen MR) is 94.2 cm³/mol. The molecule has 1 aromatic carbocycles. The van der Waals surface area contributed by atoms with E-state index in [2.05, 4.69) is 20.3 Å². The molecule has 24 heavy (non-hydrogen) atoms. The number of aromatic nitrogens is 3. The first-order valence-electron chi connectivity index (χ1n) is 8.15. The Morgan fingerprint density at radius 1 is 1.33 bits per heavy atom. The third-order valence-electron chi connectivity index (χ3n) is 4.24. The van der Waals surface area contributed by atoms with Gasteiger partial charge in [-0.15, -0.1) is 0 Å². The summed E-state index contributed by atoms with van der Waals surface area (Å²) in [5, 5.41) is 3.24. The second-order valence-corrected chi connectivity index (χ2v) is 6.05. The average molecular weight is 321 g/mol. The second kappa shape index (κ2) is 5.96. The average Bonchev–Trinajstić information content (AvgIpc) is 3.02. The molecule has 0 atom stereocenters. The van der Waals surface area contributed by atoms with Crippen LogP contribution in [0.5, 0.6) is 0 Å². The van der Waals surface area contributed by atoms with Gasteiger partial charge in [0.25, 0.3) is 0 Å². The number of fused-ring (bicyclic) bond motifs is 2. The summed E-state index contributed by atoms with van der Waals surface area (Å²) >= 11 is 0. The number of nitrogens with zero attached hydrogens (tertiary/aromatic N) is 3.